The number of ether oxygens (including phenoxy) is 1. The van der Waals surface area contributed by atoms with Crippen LogP contribution < -0.4 is 9.64 Å². The van der Waals surface area contributed by atoms with E-state index in [2.05, 4.69) is 14.7 Å². The Kier molecular flexibility index (Phi) is 4.33. The third-order valence-electron chi connectivity index (χ3n) is 5.13. The highest BCUT2D eigenvalue weighted by Crippen LogP contribution is 2.46. The van der Waals surface area contributed by atoms with Gasteiger partial charge in [0.1, 0.15) is 17.6 Å². The van der Waals surface area contributed by atoms with Crippen molar-refractivity contribution >= 4 is 34.4 Å². The van der Waals surface area contributed by atoms with E-state index in [1.807, 2.05) is 0 Å². The number of fused-ring (bicyclic) bond motifs is 1. The number of hydrogen-bond donors (Lipinski definition) is 4. The molecule has 0 fully saturated rings. The number of phenolic OH excluding ortho intramolecular Hbond substituents is 1. The minimum atomic E-state index is -1.55. The Morgan fingerprint density at radius 1 is 1.09 bits per heavy atom. The molecule has 1 aliphatic rings. The first kappa shape index (κ1) is 19.2. The van der Waals surface area contributed by atoms with E-state index in [1.54, 1.807) is 30.3 Å². The number of furan rings is 1. The second kappa shape index (κ2) is 7.20. The molecule has 10 heteroatoms. The van der Waals surface area contributed by atoms with Crippen LogP contribution in [0.3, 0.4) is 0 Å². The van der Waals surface area contributed by atoms with Crippen LogP contribution in [0.4, 0.5) is 10.5 Å². The standard InChI is InChI=1S/C22H15N3O7/c26-13-4-1-11(2-5-13)18-19(16-7-8-17(31-16)32-22(29)30)25(21(28)20(18)27)12-3-6-14-15(9-12)24-10-23-14/h1-10,19,26-27H,(H,23,24)(H,29,30). The number of aromatic nitrogens is 2. The smallest absolute Gasteiger partial charge is 0.508 e. The summed E-state index contributed by atoms with van der Waals surface area (Å²) in [5.74, 6) is -1.25. The molecule has 32 heavy (non-hydrogen) atoms. The lowest BCUT2D eigenvalue weighted by atomic mass is 9.97. The van der Waals surface area contributed by atoms with Crippen LogP contribution in [0.25, 0.3) is 16.6 Å². The van der Waals surface area contributed by atoms with Crippen LogP contribution >= 0.6 is 0 Å². The number of imidazole rings is 1. The largest absolute Gasteiger partial charge is 0.513 e. The zero-order valence-corrected chi connectivity index (χ0v) is 16.2. The lowest BCUT2D eigenvalue weighted by Gasteiger charge is -2.25. The van der Waals surface area contributed by atoms with Crippen molar-refractivity contribution in [3.63, 3.8) is 0 Å². The summed E-state index contributed by atoms with van der Waals surface area (Å²) in [5, 5.41) is 29.3. The summed E-state index contributed by atoms with van der Waals surface area (Å²) < 4.78 is 10.1. The second-order valence-electron chi connectivity index (χ2n) is 7.02. The molecule has 1 unspecified atom stereocenters. The number of H-pyrrole nitrogens is 1. The summed E-state index contributed by atoms with van der Waals surface area (Å²) in [7, 11) is 0. The van der Waals surface area contributed by atoms with E-state index in [4.69, 9.17) is 9.52 Å². The average molecular weight is 433 g/mol. The predicted octanol–water partition coefficient (Wildman–Crippen LogP) is 3.98. The van der Waals surface area contributed by atoms with E-state index < -0.39 is 23.9 Å². The Balaban J connectivity index is 1.66. The first-order valence-electron chi connectivity index (χ1n) is 9.42. The molecule has 2 aromatic carbocycles. The number of nitrogens with one attached hydrogen (secondary N) is 1. The van der Waals surface area contributed by atoms with Crippen molar-refractivity contribution < 1.29 is 34.1 Å². The monoisotopic (exact) mass is 433 g/mol. The molecule has 4 N–H and O–H groups in total. The Morgan fingerprint density at radius 2 is 1.88 bits per heavy atom. The number of aliphatic hydroxyl groups excluding tert-OH is 1. The number of aromatic hydroxyl groups is 1. The van der Waals surface area contributed by atoms with Gasteiger partial charge in [-0.05, 0) is 42.0 Å². The zero-order valence-electron chi connectivity index (χ0n) is 16.2. The number of amides is 1. The van der Waals surface area contributed by atoms with Crippen LogP contribution in [-0.4, -0.2) is 37.4 Å². The van der Waals surface area contributed by atoms with Crippen LogP contribution in [0.1, 0.15) is 17.4 Å². The number of hydrogen-bond acceptors (Lipinski definition) is 7. The summed E-state index contributed by atoms with van der Waals surface area (Å²) >= 11 is 0. The number of phenols is 1. The summed E-state index contributed by atoms with van der Waals surface area (Å²) in [5.41, 5.74) is 2.54. The van der Waals surface area contributed by atoms with E-state index >= 15 is 0 Å². The van der Waals surface area contributed by atoms with Gasteiger partial charge in [0, 0.05) is 17.3 Å². The number of carbonyl (C=O) groups excluding carboxylic acids is 1. The fraction of sp³-hybridized carbons (Fsp3) is 0.0455. The Morgan fingerprint density at radius 3 is 2.62 bits per heavy atom. The van der Waals surface area contributed by atoms with E-state index in [0.717, 1.165) is 0 Å². The molecule has 0 aliphatic carbocycles. The van der Waals surface area contributed by atoms with Crippen LogP contribution in [0, 0.1) is 0 Å². The lowest BCUT2D eigenvalue weighted by Crippen LogP contribution is -2.29. The molecule has 1 amide bonds. The summed E-state index contributed by atoms with van der Waals surface area (Å²) in [4.78, 5) is 32.5. The Bertz CT molecular complexity index is 1380. The fourth-order valence-electron chi connectivity index (χ4n) is 3.77. The van der Waals surface area contributed by atoms with Gasteiger partial charge in [-0.1, -0.05) is 12.1 Å². The Hall–Kier alpha value is -4.73. The normalized spacial score (nSPS) is 16.2. The van der Waals surface area contributed by atoms with Crippen molar-refractivity contribution in [3.05, 3.63) is 78.0 Å². The van der Waals surface area contributed by atoms with Crippen molar-refractivity contribution in [2.45, 2.75) is 6.04 Å². The number of benzene rings is 2. The molecular weight excluding hydrogens is 418 g/mol. The molecule has 10 nitrogen and oxygen atoms in total. The van der Waals surface area contributed by atoms with Crippen molar-refractivity contribution in [2.75, 3.05) is 4.90 Å². The molecule has 3 heterocycles. The molecule has 0 bridgehead atoms. The number of anilines is 1. The highest BCUT2D eigenvalue weighted by molar-refractivity contribution is 6.16. The fourth-order valence-corrected chi connectivity index (χ4v) is 3.77. The van der Waals surface area contributed by atoms with Gasteiger partial charge in [-0.25, -0.2) is 9.78 Å². The maximum atomic E-state index is 13.2. The molecule has 4 aromatic rings. The summed E-state index contributed by atoms with van der Waals surface area (Å²) in [6.07, 6.45) is -0.0238. The van der Waals surface area contributed by atoms with Crippen molar-refractivity contribution in [1.82, 2.24) is 9.97 Å². The number of nitrogens with zero attached hydrogens (tertiary/aromatic N) is 2. The van der Waals surface area contributed by atoms with E-state index in [1.165, 1.54) is 35.5 Å². The number of carboxylic acid groups (broad SMARTS) is 1. The van der Waals surface area contributed by atoms with Gasteiger partial charge in [-0.2, -0.15) is 0 Å². The molecular formula is C22H15N3O7. The second-order valence-corrected chi connectivity index (χ2v) is 7.02. The van der Waals surface area contributed by atoms with Gasteiger partial charge in [0.25, 0.3) is 11.9 Å². The first-order chi connectivity index (χ1) is 15.4. The lowest BCUT2D eigenvalue weighted by molar-refractivity contribution is -0.117. The molecule has 5 rings (SSSR count). The summed E-state index contributed by atoms with van der Waals surface area (Å²) in [6.45, 7) is 0. The van der Waals surface area contributed by atoms with E-state index in [-0.39, 0.29) is 23.0 Å². The minimum Gasteiger partial charge on any atom is -0.508 e. The van der Waals surface area contributed by atoms with Crippen molar-refractivity contribution in [3.8, 4) is 11.7 Å². The highest BCUT2D eigenvalue weighted by Gasteiger charge is 2.44. The predicted molar refractivity (Wildman–Crippen MR) is 111 cm³/mol. The molecule has 2 aromatic heterocycles. The molecule has 1 atom stereocenters. The Labute approximate surface area is 179 Å². The van der Waals surface area contributed by atoms with Gasteiger partial charge in [-0.3, -0.25) is 9.69 Å². The maximum Gasteiger partial charge on any atom is 0.513 e. The van der Waals surface area contributed by atoms with Gasteiger partial charge in [0.05, 0.1) is 17.4 Å². The van der Waals surface area contributed by atoms with Crippen LogP contribution in [0.2, 0.25) is 0 Å². The molecule has 0 radical (unpaired) electrons. The van der Waals surface area contributed by atoms with Gasteiger partial charge < -0.3 is 29.5 Å². The summed E-state index contributed by atoms with van der Waals surface area (Å²) in [6, 6.07) is 12.9. The van der Waals surface area contributed by atoms with Gasteiger partial charge >= 0.3 is 6.16 Å². The minimum absolute atomic E-state index is 0.0198. The van der Waals surface area contributed by atoms with Gasteiger partial charge in [0.15, 0.2) is 5.76 Å². The SMILES string of the molecule is O=C(O)Oc1ccc(C2C(c3ccc(O)cc3)=C(O)C(=O)N2c2ccc3nc[nH]c3c2)o1. The van der Waals surface area contributed by atoms with Crippen molar-refractivity contribution in [1.29, 1.82) is 0 Å². The van der Waals surface area contributed by atoms with Crippen LogP contribution in [0.5, 0.6) is 11.7 Å². The highest BCUT2D eigenvalue weighted by atomic mass is 16.7. The number of rotatable bonds is 4. The van der Waals surface area contributed by atoms with Gasteiger partial charge in [0.2, 0.25) is 0 Å². The van der Waals surface area contributed by atoms with E-state index in [0.29, 0.717) is 22.3 Å². The number of aliphatic hydroxyl groups is 1. The number of aromatic amines is 1. The average Bonchev–Trinajstić information content (AvgIpc) is 3.47. The quantitative estimate of drug-likeness (QED) is 0.353. The topological polar surface area (TPSA) is 149 Å². The van der Waals surface area contributed by atoms with Crippen molar-refractivity contribution in [2.24, 2.45) is 0 Å². The van der Waals surface area contributed by atoms with Gasteiger partial charge in [-0.15, -0.1) is 0 Å². The molecule has 0 spiro atoms. The maximum absolute atomic E-state index is 13.2. The molecule has 160 valence electrons. The molecule has 0 saturated heterocycles. The van der Waals surface area contributed by atoms with Crippen LogP contribution in [0.15, 0.2) is 71.1 Å². The first-order valence-corrected chi connectivity index (χ1v) is 9.42. The zero-order chi connectivity index (χ0) is 22.4. The van der Waals surface area contributed by atoms with E-state index in [9.17, 15) is 19.8 Å². The number of carbonyl (C=O) groups is 2. The molecule has 1 aliphatic heterocycles. The third kappa shape index (κ3) is 3.10. The molecule has 0 saturated carbocycles. The third-order valence-corrected chi connectivity index (χ3v) is 5.13. The van der Waals surface area contributed by atoms with Crippen LogP contribution in [-0.2, 0) is 4.79 Å².